The standard InChI is InChI=1S/C16H18ClN3O2S/c1-9-6-5-7-10(17)12(9)19-13(21)11-8-18-15(23-11)20-14(22)16(2,3)4/h5-8H,1-4H3,(H,19,21)(H,18,20,22). The number of aromatic nitrogens is 1. The van der Waals surface area contributed by atoms with Gasteiger partial charge in [0.1, 0.15) is 4.88 Å². The molecule has 1 aromatic carbocycles. The van der Waals surface area contributed by atoms with Gasteiger partial charge in [-0.3, -0.25) is 9.59 Å². The van der Waals surface area contributed by atoms with Crippen LogP contribution >= 0.6 is 22.9 Å². The summed E-state index contributed by atoms with van der Waals surface area (Å²) in [6.07, 6.45) is 1.43. The smallest absolute Gasteiger partial charge is 0.267 e. The maximum Gasteiger partial charge on any atom is 0.267 e. The summed E-state index contributed by atoms with van der Waals surface area (Å²) in [6.45, 7) is 7.29. The zero-order valence-electron chi connectivity index (χ0n) is 13.4. The van der Waals surface area contributed by atoms with Crippen molar-refractivity contribution in [3.8, 4) is 0 Å². The number of rotatable bonds is 3. The number of benzene rings is 1. The summed E-state index contributed by atoms with van der Waals surface area (Å²) in [7, 11) is 0. The van der Waals surface area contributed by atoms with Crippen LogP contribution in [-0.2, 0) is 4.79 Å². The van der Waals surface area contributed by atoms with E-state index in [-0.39, 0.29) is 11.8 Å². The summed E-state index contributed by atoms with van der Waals surface area (Å²) < 4.78 is 0. The second kappa shape index (κ2) is 6.68. The third-order valence-electron chi connectivity index (χ3n) is 3.09. The van der Waals surface area contributed by atoms with Gasteiger partial charge in [-0.2, -0.15) is 0 Å². The number of hydrogen-bond acceptors (Lipinski definition) is 4. The highest BCUT2D eigenvalue weighted by molar-refractivity contribution is 7.17. The second-order valence-electron chi connectivity index (χ2n) is 6.12. The number of aryl methyl sites for hydroxylation is 1. The Hall–Kier alpha value is -1.92. The summed E-state index contributed by atoms with van der Waals surface area (Å²) in [5.74, 6) is -0.462. The molecular weight excluding hydrogens is 334 g/mol. The molecule has 0 spiro atoms. The highest BCUT2D eigenvalue weighted by Crippen LogP contribution is 2.27. The van der Waals surface area contributed by atoms with Crippen molar-refractivity contribution >= 4 is 45.6 Å². The summed E-state index contributed by atoms with van der Waals surface area (Å²) in [5.41, 5.74) is 0.924. The summed E-state index contributed by atoms with van der Waals surface area (Å²) in [5, 5.41) is 6.36. The highest BCUT2D eigenvalue weighted by atomic mass is 35.5. The summed E-state index contributed by atoms with van der Waals surface area (Å²) >= 11 is 7.22. The van der Waals surface area contributed by atoms with Gasteiger partial charge in [0.15, 0.2) is 5.13 Å². The van der Waals surface area contributed by atoms with Crippen molar-refractivity contribution in [2.24, 2.45) is 5.41 Å². The topological polar surface area (TPSA) is 71.1 Å². The maximum absolute atomic E-state index is 12.3. The van der Waals surface area contributed by atoms with Gasteiger partial charge in [0.2, 0.25) is 5.91 Å². The van der Waals surface area contributed by atoms with Crippen LogP contribution in [-0.4, -0.2) is 16.8 Å². The van der Waals surface area contributed by atoms with E-state index in [2.05, 4.69) is 15.6 Å². The number of carbonyl (C=O) groups excluding carboxylic acids is 2. The first-order valence-electron chi connectivity index (χ1n) is 7.02. The molecule has 0 atom stereocenters. The molecule has 0 bridgehead atoms. The Labute approximate surface area is 144 Å². The Morgan fingerprint density at radius 3 is 2.52 bits per heavy atom. The third kappa shape index (κ3) is 4.30. The van der Waals surface area contributed by atoms with E-state index in [0.29, 0.717) is 20.7 Å². The van der Waals surface area contributed by atoms with Crippen molar-refractivity contribution in [2.75, 3.05) is 10.6 Å². The van der Waals surface area contributed by atoms with Crippen molar-refractivity contribution in [1.82, 2.24) is 4.98 Å². The zero-order chi connectivity index (χ0) is 17.2. The van der Waals surface area contributed by atoms with Crippen LogP contribution in [0.3, 0.4) is 0 Å². The fourth-order valence-electron chi connectivity index (χ4n) is 1.69. The van der Waals surface area contributed by atoms with Crippen LogP contribution in [0, 0.1) is 12.3 Å². The molecule has 0 saturated carbocycles. The van der Waals surface area contributed by atoms with Crippen molar-refractivity contribution in [3.05, 3.63) is 39.9 Å². The lowest BCUT2D eigenvalue weighted by Gasteiger charge is -2.15. The number of nitrogens with zero attached hydrogens (tertiary/aromatic N) is 1. The Morgan fingerprint density at radius 1 is 1.22 bits per heavy atom. The molecule has 0 aliphatic carbocycles. The summed E-state index contributed by atoms with van der Waals surface area (Å²) in [4.78, 5) is 28.7. The first-order chi connectivity index (χ1) is 10.7. The first kappa shape index (κ1) is 17.4. The van der Waals surface area contributed by atoms with E-state index in [0.717, 1.165) is 16.9 Å². The largest absolute Gasteiger partial charge is 0.320 e. The average Bonchev–Trinajstić information content (AvgIpc) is 2.90. The lowest BCUT2D eigenvalue weighted by Crippen LogP contribution is -2.27. The molecule has 0 radical (unpaired) electrons. The van der Waals surface area contributed by atoms with E-state index in [1.54, 1.807) is 6.07 Å². The highest BCUT2D eigenvalue weighted by Gasteiger charge is 2.23. The number of thiazole rings is 1. The third-order valence-corrected chi connectivity index (χ3v) is 4.32. The molecule has 23 heavy (non-hydrogen) atoms. The number of anilines is 2. The monoisotopic (exact) mass is 351 g/mol. The van der Waals surface area contributed by atoms with Crippen molar-refractivity contribution in [3.63, 3.8) is 0 Å². The SMILES string of the molecule is Cc1cccc(Cl)c1NC(=O)c1cnc(NC(=O)C(C)(C)C)s1. The molecule has 5 nitrogen and oxygen atoms in total. The number of nitrogens with one attached hydrogen (secondary N) is 2. The van der Waals surface area contributed by atoms with Crippen molar-refractivity contribution in [2.45, 2.75) is 27.7 Å². The van der Waals surface area contributed by atoms with Gasteiger partial charge in [0.05, 0.1) is 16.9 Å². The average molecular weight is 352 g/mol. The van der Waals surface area contributed by atoms with Gasteiger partial charge in [-0.05, 0) is 18.6 Å². The van der Waals surface area contributed by atoms with E-state index in [9.17, 15) is 9.59 Å². The molecule has 0 aliphatic rings. The molecule has 0 fully saturated rings. The Morgan fingerprint density at radius 2 is 1.91 bits per heavy atom. The van der Waals surface area contributed by atoms with Gasteiger partial charge in [-0.15, -0.1) is 0 Å². The van der Waals surface area contributed by atoms with E-state index >= 15 is 0 Å². The van der Waals surface area contributed by atoms with E-state index in [1.807, 2.05) is 39.8 Å². The van der Waals surface area contributed by atoms with E-state index in [1.165, 1.54) is 6.20 Å². The zero-order valence-corrected chi connectivity index (χ0v) is 14.9. The van der Waals surface area contributed by atoms with Gasteiger partial charge in [-0.1, -0.05) is 55.8 Å². The predicted molar refractivity (Wildman–Crippen MR) is 94.3 cm³/mol. The Kier molecular flexibility index (Phi) is 5.06. The fraction of sp³-hybridized carbons (Fsp3) is 0.312. The molecule has 2 amide bonds. The van der Waals surface area contributed by atoms with E-state index < -0.39 is 5.41 Å². The maximum atomic E-state index is 12.3. The molecule has 0 saturated heterocycles. The lowest BCUT2D eigenvalue weighted by molar-refractivity contribution is -0.123. The van der Waals surface area contributed by atoms with Crippen LogP contribution in [0.25, 0.3) is 0 Å². The van der Waals surface area contributed by atoms with Crippen LogP contribution in [0.15, 0.2) is 24.4 Å². The quantitative estimate of drug-likeness (QED) is 0.863. The normalized spacial score (nSPS) is 11.2. The second-order valence-corrected chi connectivity index (χ2v) is 7.56. The molecule has 7 heteroatoms. The van der Waals surface area contributed by atoms with Gasteiger partial charge in [0.25, 0.3) is 5.91 Å². The Balaban J connectivity index is 2.11. The number of hydrogen-bond donors (Lipinski definition) is 2. The molecular formula is C16H18ClN3O2S. The molecule has 2 aromatic rings. The van der Waals surface area contributed by atoms with Gasteiger partial charge in [-0.25, -0.2) is 4.98 Å². The molecule has 2 N–H and O–H groups in total. The number of amides is 2. The minimum atomic E-state index is -0.525. The number of halogens is 1. The van der Waals surface area contributed by atoms with Crippen molar-refractivity contribution in [1.29, 1.82) is 0 Å². The molecule has 1 aromatic heterocycles. The van der Waals surface area contributed by atoms with Gasteiger partial charge in [0, 0.05) is 5.41 Å². The minimum Gasteiger partial charge on any atom is -0.320 e. The van der Waals surface area contributed by atoms with Gasteiger partial charge < -0.3 is 10.6 Å². The van der Waals surface area contributed by atoms with Gasteiger partial charge >= 0.3 is 0 Å². The van der Waals surface area contributed by atoms with Crippen LogP contribution in [0.4, 0.5) is 10.8 Å². The minimum absolute atomic E-state index is 0.152. The molecule has 122 valence electrons. The van der Waals surface area contributed by atoms with Crippen LogP contribution in [0.5, 0.6) is 0 Å². The predicted octanol–water partition coefficient (Wildman–Crippen LogP) is 4.34. The van der Waals surface area contributed by atoms with Crippen LogP contribution in [0.1, 0.15) is 36.0 Å². The van der Waals surface area contributed by atoms with Crippen LogP contribution in [0.2, 0.25) is 5.02 Å². The molecule has 2 rings (SSSR count). The first-order valence-corrected chi connectivity index (χ1v) is 8.21. The molecule has 0 aliphatic heterocycles. The molecule has 0 unspecified atom stereocenters. The number of carbonyl (C=O) groups is 2. The van der Waals surface area contributed by atoms with Crippen molar-refractivity contribution < 1.29 is 9.59 Å². The lowest BCUT2D eigenvalue weighted by atomic mass is 9.96. The summed E-state index contributed by atoms with van der Waals surface area (Å²) in [6, 6.07) is 5.40. The van der Waals surface area contributed by atoms with E-state index in [4.69, 9.17) is 11.6 Å². The fourth-order valence-corrected chi connectivity index (χ4v) is 2.66. The molecule has 1 heterocycles. The van der Waals surface area contributed by atoms with Crippen LogP contribution < -0.4 is 10.6 Å². The Bertz CT molecular complexity index is 730. The number of para-hydroxylation sites is 1.